The number of carbonyl (C=O) groups excluding carboxylic acids is 2. The maximum atomic E-state index is 12.4. The van der Waals surface area contributed by atoms with Gasteiger partial charge in [0.25, 0.3) is 5.91 Å². The number of nitrogens with one attached hydrogen (secondary N) is 1. The molecule has 0 heterocycles. The minimum atomic E-state index is -0.293. The molecule has 0 unspecified atom stereocenters. The van der Waals surface area contributed by atoms with Crippen LogP contribution in [0, 0.1) is 0 Å². The molecule has 0 aliphatic heterocycles. The largest absolute Gasteiger partial charge is 0.490 e. The summed E-state index contributed by atoms with van der Waals surface area (Å²) in [6.07, 6.45) is 0. The van der Waals surface area contributed by atoms with Gasteiger partial charge in [0.05, 0.1) is 12.2 Å². The Hall–Kier alpha value is -2.66. The van der Waals surface area contributed by atoms with Crippen molar-refractivity contribution in [3.05, 3.63) is 59.7 Å². The maximum Gasteiger partial charge on any atom is 0.259 e. The molecule has 0 bridgehead atoms. The predicted octanol–water partition coefficient (Wildman–Crippen LogP) is 3.17. The van der Waals surface area contributed by atoms with Crippen molar-refractivity contribution >= 4 is 17.4 Å². The van der Waals surface area contributed by atoms with Crippen LogP contribution in [0.5, 0.6) is 5.75 Å². The molecule has 0 spiro atoms. The number of anilines is 1. The first kappa shape index (κ1) is 16.7. The smallest absolute Gasteiger partial charge is 0.259 e. The van der Waals surface area contributed by atoms with Crippen molar-refractivity contribution in [2.75, 3.05) is 25.6 Å². The van der Waals surface area contributed by atoms with E-state index in [1.54, 1.807) is 55.6 Å². The van der Waals surface area contributed by atoms with Crippen LogP contribution in [0.2, 0.25) is 0 Å². The van der Waals surface area contributed by atoms with Crippen LogP contribution >= 0.6 is 0 Å². The van der Waals surface area contributed by atoms with E-state index in [-0.39, 0.29) is 11.7 Å². The van der Waals surface area contributed by atoms with Gasteiger partial charge in [-0.2, -0.15) is 0 Å². The Morgan fingerprint density at radius 3 is 2.57 bits per heavy atom. The van der Waals surface area contributed by atoms with Crippen molar-refractivity contribution in [2.24, 2.45) is 0 Å². The molecule has 2 aromatic carbocycles. The lowest BCUT2D eigenvalue weighted by molar-refractivity contribution is 0.100. The Bertz CT molecular complexity index is 697. The van der Waals surface area contributed by atoms with E-state index < -0.39 is 0 Å². The lowest BCUT2D eigenvalue weighted by Crippen LogP contribution is -2.15. The van der Waals surface area contributed by atoms with Crippen LogP contribution in [0.3, 0.4) is 0 Å². The van der Waals surface area contributed by atoms with E-state index >= 15 is 0 Å². The topological polar surface area (TPSA) is 64.6 Å². The van der Waals surface area contributed by atoms with E-state index in [1.165, 1.54) is 6.92 Å². The van der Waals surface area contributed by atoms with E-state index in [0.717, 1.165) is 0 Å². The fourth-order valence-electron chi connectivity index (χ4n) is 2.03. The van der Waals surface area contributed by atoms with Crippen molar-refractivity contribution < 1.29 is 19.1 Å². The number of para-hydroxylation sites is 1. The summed E-state index contributed by atoms with van der Waals surface area (Å²) in [5, 5.41) is 2.78. The number of benzene rings is 2. The Morgan fingerprint density at radius 1 is 1.04 bits per heavy atom. The standard InChI is InChI=1S/C18H19NO4/c1-13(20)14-6-5-7-15(12-14)19-18(21)16-8-3-4-9-17(16)23-11-10-22-2/h3-9,12H,10-11H2,1-2H3,(H,19,21). The molecule has 2 aromatic rings. The number of amides is 1. The van der Waals surface area contributed by atoms with Crippen LogP contribution in [0.4, 0.5) is 5.69 Å². The maximum absolute atomic E-state index is 12.4. The summed E-state index contributed by atoms with van der Waals surface area (Å²) in [5.41, 5.74) is 1.54. The number of Topliss-reactive ketones (excluding diaryl/α,β-unsaturated/α-hetero) is 1. The van der Waals surface area contributed by atoms with Crippen molar-refractivity contribution in [3.8, 4) is 5.75 Å². The molecule has 1 amide bonds. The van der Waals surface area contributed by atoms with Crippen LogP contribution in [0.25, 0.3) is 0 Å². The van der Waals surface area contributed by atoms with E-state index in [9.17, 15) is 9.59 Å². The highest BCUT2D eigenvalue weighted by Gasteiger charge is 2.13. The van der Waals surface area contributed by atoms with Gasteiger partial charge in [-0.3, -0.25) is 9.59 Å². The Balaban J connectivity index is 2.14. The Morgan fingerprint density at radius 2 is 1.83 bits per heavy atom. The van der Waals surface area contributed by atoms with Crippen molar-refractivity contribution in [3.63, 3.8) is 0 Å². The number of hydrogen-bond donors (Lipinski definition) is 1. The average molecular weight is 313 g/mol. The first-order valence-electron chi connectivity index (χ1n) is 7.25. The molecular formula is C18H19NO4. The van der Waals surface area contributed by atoms with Crippen LogP contribution in [-0.2, 0) is 4.74 Å². The molecule has 0 aliphatic rings. The lowest BCUT2D eigenvalue weighted by Gasteiger charge is -2.11. The molecular weight excluding hydrogens is 294 g/mol. The molecule has 5 heteroatoms. The zero-order valence-corrected chi connectivity index (χ0v) is 13.2. The second kappa shape index (κ2) is 8.10. The monoisotopic (exact) mass is 313 g/mol. The van der Waals surface area contributed by atoms with Crippen LogP contribution in [0.15, 0.2) is 48.5 Å². The molecule has 0 fully saturated rings. The van der Waals surface area contributed by atoms with Crippen molar-refractivity contribution in [1.29, 1.82) is 0 Å². The van der Waals surface area contributed by atoms with Crippen molar-refractivity contribution in [2.45, 2.75) is 6.92 Å². The molecule has 0 saturated heterocycles. The summed E-state index contributed by atoms with van der Waals surface area (Å²) in [4.78, 5) is 23.9. The predicted molar refractivity (Wildman–Crippen MR) is 88.2 cm³/mol. The average Bonchev–Trinajstić information content (AvgIpc) is 2.55. The number of carbonyl (C=O) groups is 2. The second-order valence-corrected chi connectivity index (χ2v) is 4.93. The molecule has 0 aliphatic carbocycles. The SMILES string of the molecule is COCCOc1ccccc1C(=O)Nc1cccc(C(C)=O)c1. The van der Waals surface area contributed by atoms with E-state index in [0.29, 0.717) is 35.8 Å². The summed E-state index contributed by atoms with van der Waals surface area (Å²) < 4.78 is 10.5. The molecule has 0 atom stereocenters. The van der Waals surface area contributed by atoms with Crippen molar-refractivity contribution in [1.82, 2.24) is 0 Å². The third-order valence-electron chi connectivity index (χ3n) is 3.20. The molecule has 2 rings (SSSR count). The summed E-state index contributed by atoms with van der Waals surface area (Å²) in [7, 11) is 1.59. The quantitative estimate of drug-likeness (QED) is 0.630. The van der Waals surface area contributed by atoms with Crippen LogP contribution < -0.4 is 10.1 Å². The molecule has 23 heavy (non-hydrogen) atoms. The van der Waals surface area contributed by atoms with E-state index in [4.69, 9.17) is 9.47 Å². The number of ketones is 1. The van der Waals surface area contributed by atoms with Gasteiger partial charge in [-0.05, 0) is 31.2 Å². The van der Waals surface area contributed by atoms with Crippen LogP contribution in [-0.4, -0.2) is 32.0 Å². The van der Waals surface area contributed by atoms with Gasteiger partial charge in [0.1, 0.15) is 12.4 Å². The fraction of sp³-hybridized carbons (Fsp3) is 0.222. The van der Waals surface area contributed by atoms with Gasteiger partial charge in [0, 0.05) is 18.4 Å². The van der Waals surface area contributed by atoms with Gasteiger partial charge in [0.2, 0.25) is 0 Å². The number of methoxy groups -OCH3 is 1. The summed E-state index contributed by atoms with van der Waals surface area (Å²) in [5.74, 6) is 0.146. The number of rotatable bonds is 7. The molecule has 0 radical (unpaired) electrons. The van der Waals surface area contributed by atoms with Crippen LogP contribution in [0.1, 0.15) is 27.6 Å². The zero-order chi connectivity index (χ0) is 16.7. The van der Waals surface area contributed by atoms with Gasteiger partial charge in [-0.1, -0.05) is 24.3 Å². The molecule has 1 N–H and O–H groups in total. The Kier molecular flexibility index (Phi) is 5.88. The minimum absolute atomic E-state index is 0.0515. The molecule has 120 valence electrons. The first-order valence-corrected chi connectivity index (χ1v) is 7.25. The highest BCUT2D eigenvalue weighted by molar-refractivity contribution is 6.06. The summed E-state index contributed by atoms with van der Waals surface area (Å²) >= 11 is 0. The summed E-state index contributed by atoms with van der Waals surface area (Å²) in [6.45, 7) is 2.29. The second-order valence-electron chi connectivity index (χ2n) is 4.93. The zero-order valence-electron chi connectivity index (χ0n) is 13.2. The molecule has 5 nitrogen and oxygen atoms in total. The normalized spacial score (nSPS) is 10.2. The van der Waals surface area contributed by atoms with Gasteiger partial charge >= 0.3 is 0 Å². The fourth-order valence-corrected chi connectivity index (χ4v) is 2.03. The third-order valence-corrected chi connectivity index (χ3v) is 3.20. The van der Waals surface area contributed by atoms with Gasteiger partial charge in [-0.15, -0.1) is 0 Å². The van der Waals surface area contributed by atoms with E-state index in [1.807, 2.05) is 0 Å². The van der Waals surface area contributed by atoms with Gasteiger partial charge < -0.3 is 14.8 Å². The molecule has 0 saturated carbocycles. The highest BCUT2D eigenvalue weighted by atomic mass is 16.5. The number of ether oxygens (including phenoxy) is 2. The first-order chi connectivity index (χ1) is 11.1. The summed E-state index contributed by atoms with van der Waals surface area (Å²) in [6, 6.07) is 13.8. The molecule has 0 aromatic heterocycles. The third kappa shape index (κ3) is 4.66. The lowest BCUT2D eigenvalue weighted by atomic mass is 10.1. The van der Waals surface area contributed by atoms with Gasteiger partial charge in [0.15, 0.2) is 5.78 Å². The number of hydrogen-bond acceptors (Lipinski definition) is 4. The minimum Gasteiger partial charge on any atom is -0.490 e. The Labute approximate surface area is 135 Å². The van der Waals surface area contributed by atoms with E-state index in [2.05, 4.69) is 5.32 Å². The van der Waals surface area contributed by atoms with Gasteiger partial charge in [-0.25, -0.2) is 0 Å². The highest BCUT2D eigenvalue weighted by Crippen LogP contribution is 2.20.